The fourth-order valence-electron chi connectivity index (χ4n) is 5.64. The lowest BCUT2D eigenvalue weighted by Crippen LogP contribution is -2.33. The van der Waals surface area contributed by atoms with E-state index in [0.29, 0.717) is 39.5 Å². The van der Waals surface area contributed by atoms with Gasteiger partial charge < -0.3 is 33.9 Å². The summed E-state index contributed by atoms with van der Waals surface area (Å²) in [5.41, 5.74) is -0.863. The van der Waals surface area contributed by atoms with E-state index in [9.17, 15) is 29.4 Å². The Morgan fingerprint density at radius 2 is 1.55 bits per heavy atom. The molecule has 0 saturated carbocycles. The molecule has 0 spiro atoms. The molecule has 1 aromatic heterocycles. The number of carbonyl (C=O) groups is 2. The molecular weight excluding hydrogens is 636 g/mol. The summed E-state index contributed by atoms with van der Waals surface area (Å²) in [5, 5.41) is 22.0. The van der Waals surface area contributed by atoms with Crippen molar-refractivity contribution in [2.24, 2.45) is 0 Å². The van der Waals surface area contributed by atoms with Crippen LogP contribution in [-0.2, 0) is 24.7 Å². The maximum atomic E-state index is 12.7. The molecule has 13 nitrogen and oxygen atoms in total. The van der Waals surface area contributed by atoms with Crippen molar-refractivity contribution in [1.82, 2.24) is 9.55 Å². The van der Waals surface area contributed by atoms with E-state index < -0.39 is 47.9 Å². The maximum absolute atomic E-state index is 12.7. The summed E-state index contributed by atoms with van der Waals surface area (Å²) in [6.45, 7) is 0.735. The van der Waals surface area contributed by atoms with Crippen LogP contribution in [0.25, 0.3) is 0 Å². The van der Waals surface area contributed by atoms with Gasteiger partial charge in [-0.25, -0.2) is 4.79 Å². The quantitative estimate of drug-likeness (QED) is 0.133. The molecule has 3 aromatic carbocycles. The van der Waals surface area contributed by atoms with E-state index in [1.54, 1.807) is 87.0 Å². The SMILES string of the molecule is COc1ccc(C(O)(c2ccc(OC)cc2)c2cccc(OCC(=O)CCC(=O)O[C@H]3C[C@H](n4cc(C)c(=O)[nH]c4=O)O[C@@H]3CO)c2)cc1. The molecule has 4 aromatic rings. The van der Waals surface area contributed by atoms with Gasteiger partial charge in [0.2, 0.25) is 0 Å². The molecule has 1 aliphatic heterocycles. The Balaban J connectivity index is 1.21. The largest absolute Gasteiger partial charge is 0.497 e. The third-order valence-corrected chi connectivity index (χ3v) is 8.37. The third-order valence-electron chi connectivity index (χ3n) is 8.37. The minimum Gasteiger partial charge on any atom is -0.497 e. The lowest BCUT2D eigenvalue weighted by atomic mass is 9.80. The van der Waals surface area contributed by atoms with Crippen LogP contribution in [-0.4, -0.2) is 71.2 Å². The van der Waals surface area contributed by atoms with Crippen molar-refractivity contribution in [3.63, 3.8) is 0 Å². The molecule has 13 heteroatoms. The predicted molar refractivity (Wildman–Crippen MR) is 176 cm³/mol. The fourth-order valence-corrected chi connectivity index (χ4v) is 5.64. The summed E-state index contributed by atoms with van der Waals surface area (Å²) in [6, 6.07) is 20.9. The number of nitrogens with zero attached hydrogens (tertiary/aromatic N) is 1. The first-order chi connectivity index (χ1) is 23.5. The minimum absolute atomic E-state index is 0.0646. The number of hydrogen-bond donors (Lipinski definition) is 3. The van der Waals surface area contributed by atoms with E-state index in [-0.39, 0.29) is 31.7 Å². The van der Waals surface area contributed by atoms with Crippen LogP contribution in [0, 0.1) is 6.92 Å². The number of H-pyrrole nitrogens is 1. The van der Waals surface area contributed by atoms with Gasteiger partial charge in [-0.15, -0.1) is 0 Å². The Labute approximate surface area is 281 Å². The number of Topliss-reactive ketones (excluding diaryl/α,β-unsaturated/α-hetero) is 1. The normalized spacial score (nSPS) is 17.4. The predicted octanol–water partition coefficient (Wildman–Crippen LogP) is 2.77. The lowest BCUT2D eigenvalue weighted by Gasteiger charge is -2.30. The summed E-state index contributed by atoms with van der Waals surface area (Å²) in [5.74, 6) is 0.551. The number of aliphatic hydroxyl groups is 2. The zero-order chi connectivity index (χ0) is 35.1. The molecule has 0 unspecified atom stereocenters. The van der Waals surface area contributed by atoms with E-state index in [1.807, 2.05) is 0 Å². The van der Waals surface area contributed by atoms with Gasteiger partial charge in [-0.3, -0.25) is 23.9 Å². The van der Waals surface area contributed by atoms with Gasteiger partial charge in [0.15, 0.2) is 5.78 Å². The number of carbonyl (C=O) groups excluding carboxylic acids is 2. The van der Waals surface area contributed by atoms with Gasteiger partial charge in [0.05, 0.1) is 27.2 Å². The molecule has 5 rings (SSSR count). The van der Waals surface area contributed by atoms with Crippen molar-refractivity contribution in [2.75, 3.05) is 27.4 Å². The summed E-state index contributed by atoms with van der Waals surface area (Å²) in [4.78, 5) is 51.5. The Bertz CT molecular complexity index is 1840. The highest BCUT2D eigenvalue weighted by Crippen LogP contribution is 2.39. The Morgan fingerprint density at radius 3 is 2.14 bits per heavy atom. The number of ketones is 1. The Hall–Kier alpha value is -5.24. The molecule has 1 fully saturated rings. The van der Waals surface area contributed by atoms with E-state index in [2.05, 4.69) is 4.98 Å². The average Bonchev–Trinajstić information content (AvgIpc) is 3.53. The topological polar surface area (TPSA) is 176 Å². The molecule has 1 saturated heterocycles. The molecule has 3 N–H and O–H groups in total. The van der Waals surface area contributed by atoms with E-state index in [0.717, 1.165) is 0 Å². The molecule has 49 heavy (non-hydrogen) atoms. The second-order valence-corrected chi connectivity index (χ2v) is 11.6. The second-order valence-electron chi connectivity index (χ2n) is 11.6. The smallest absolute Gasteiger partial charge is 0.330 e. The molecule has 2 heterocycles. The number of nitrogens with one attached hydrogen (secondary N) is 1. The summed E-state index contributed by atoms with van der Waals surface area (Å²) >= 11 is 0. The number of aliphatic hydroxyl groups excluding tert-OH is 1. The first kappa shape index (κ1) is 35.1. The number of methoxy groups -OCH3 is 2. The van der Waals surface area contributed by atoms with E-state index >= 15 is 0 Å². The number of ether oxygens (including phenoxy) is 5. The number of esters is 1. The van der Waals surface area contributed by atoms with Gasteiger partial charge in [0.25, 0.3) is 5.56 Å². The number of rotatable bonds is 14. The van der Waals surface area contributed by atoms with E-state index in [1.165, 1.54) is 17.7 Å². The lowest BCUT2D eigenvalue weighted by molar-refractivity contribution is -0.154. The molecule has 0 bridgehead atoms. The van der Waals surface area contributed by atoms with Crippen LogP contribution in [0.15, 0.2) is 88.6 Å². The summed E-state index contributed by atoms with van der Waals surface area (Å²) < 4.78 is 28.7. The molecular formula is C36H38N2O11. The minimum atomic E-state index is -1.59. The maximum Gasteiger partial charge on any atom is 0.330 e. The molecule has 258 valence electrons. The third kappa shape index (κ3) is 7.91. The number of aromatic nitrogens is 2. The monoisotopic (exact) mass is 674 g/mol. The van der Waals surface area contributed by atoms with Crippen molar-refractivity contribution in [2.45, 2.75) is 50.2 Å². The fraction of sp³-hybridized carbons (Fsp3) is 0.333. The van der Waals surface area contributed by atoms with Gasteiger partial charge in [-0.1, -0.05) is 36.4 Å². The first-order valence-corrected chi connectivity index (χ1v) is 15.6. The summed E-state index contributed by atoms with van der Waals surface area (Å²) in [6.07, 6.45) is -1.63. The highest BCUT2D eigenvalue weighted by molar-refractivity contribution is 5.84. The van der Waals surface area contributed by atoms with Crippen molar-refractivity contribution in [3.05, 3.63) is 122 Å². The van der Waals surface area contributed by atoms with Crippen molar-refractivity contribution < 1.29 is 43.5 Å². The number of benzene rings is 3. The van der Waals surface area contributed by atoms with Crippen LogP contribution in [0.5, 0.6) is 17.2 Å². The molecule has 0 aliphatic carbocycles. The standard InChI is InChI=1S/C36H38N2O11/c1-22-19-38(35(43)37-34(22)42)32-18-30(31(20-39)48-32)49-33(41)16-11-26(40)21-47-29-6-4-5-25(17-29)36(44,23-7-12-27(45-2)13-8-23)24-9-14-28(46-3)15-10-24/h4-10,12-15,17,19,30-32,39,44H,11,16,18,20-21H2,1-3H3,(H,37,42,43)/t30-,31+,32+/m0/s1. The van der Waals surface area contributed by atoms with Gasteiger partial charge >= 0.3 is 11.7 Å². The first-order valence-electron chi connectivity index (χ1n) is 15.6. The molecule has 1 aliphatic rings. The number of aromatic amines is 1. The van der Waals surface area contributed by atoms with Crippen molar-refractivity contribution in [3.8, 4) is 17.2 Å². The molecule has 0 amide bonds. The van der Waals surface area contributed by atoms with Crippen LogP contribution in [0.2, 0.25) is 0 Å². The molecule has 3 atom stereocenters. The van der Waals surface area contributed by atoms with Crippen molar-refractivity contribution >= 4 is 11.8 Å². The van der Waals surface area contributed by atoms with Gasteiger partial charge in [-0.05, 0) is 60.0 Å². The van der Waals surface area contributed by atoms with Crippen LogP contribution in [0.1, 0.15) is 47.7 Å². The van der Waals surface area contributed by atoms with Gasteiger partial charge in [-0.2, -0.15) is 0 Å². The highest BCUT2D eigenvalue weighted by Gasteiger charge is 2.39. The highest BCUT2D eigenvalue weighted by atomic mass is 16.6. The number of hydrogen-bond acceptors (Lipinski definition) is 11. The second kappa shape index (κ2) is 15.3. The Kier molecular flexibility index (Phi) is 11.0. The van der Waals surface area contributed by atoms with E-state index in [4.69, 9.17) is 23.7 Å². The Morgan fingerprint density at radius 1 is 0.918 bits per heavy atom. The average molecular weight is 675 g/mol. The zero-order valence-electron chi connectivity index (χ0n) is 27.3. The molecule has 0 radical (unpaired) electrons. The van der Waals surface area contributed by atoms with Crippen LogP contribution in [0.3, 0.4) is 0 Å². The zero-order valence-corrected chi connectivity index (χ0v) is 27.3. The van der Waals surface area contributed by atoms with Crippen molar-refractivity contribution in [1.29, 1.82) is 0 Å². The van der Waals surface area contributed by atoms with Crippen LogP contribution >= 0.6 is 0 Å². The van der Waals surface area contributed by atoms with Crippen LogP contribution < -0.4 is 25.5 Å². The number of aryl methyl sites for hydroxylation is 1. The van der Waals surface area contributed by atoms with Crippen LogP contribution in [0.4, 0.5) is 0 Å². The van der Waals surface area contributed by atoms with Gasteiger partial charge in [0, 0.05) is 24.6 Å². The summed E-state index contributed by atoms with van der Waals surface area (Å²) in [7, 11) is 3.12. The van der Waals surface area contributed by atoms with Gasteiger partial charge in [0.1, 0.15) is 47.9 Å².